The fourth-order valence-corrected chi connectivity index (χ4v) is 4.48. The summed E-state index contributed by atoms with van der Waals surface area (Å²) < 4.78 is 36.8. The number of guanidine groups is 1. The first-order valence-electron chi connectivity index (χ1n) is 9.16. The van der Waals surface area contributed by atoms with E-state index >= 15 is 0 Å². The maximum Gasteiger partial charge on any atom is 0.191 e. The van der Waals surface area contributed by atoms with E-state index in [1.54, 1.807) is 7.05 Å². The number of sulfone groups is 1. The second kappa shape index (κ2) is 8.84. The minimum atomic E-state index is -3.19. The monoisotopic (exact) mass is 383 g/mol. The molecule has 0 aliphatic heterocycles. The van der Waals surface area contributed by atoms with Gasteiger partial charge in [0, 0.05) is 26.4 Å². The molecule has 1 fully saturated rings. The molecule has 0 bridgehead atoms. The summed E-state index contributed by atoms with van der Waals surface area (Å²) in [4.78, 5) is 4.24. The van der Waals surface area contributed by atoms with Gasteiger partial charge in [0.1, 0.15) is 5.82 Å². The summed E-state index contributed by atoms with van der Waals surface area (Å²) in [7, 11) is -1.49. The molecule has 2 rings (SSSR count). The number of hydrogen-bond acceptors (Lipinski definition) is 3. The predicted octanol–water partition coefficient (Wildman–Crippen LogP) is 3.01. The third kappa shape index (κ3) is 5.97. The molecule has 1 saturated carbocycles. The van der Waals surface area contributed by atoms with Crippen molar-refractivity contribution in [3.63, 3.8) is 0 Å². The SMILES string of the molecule is CCC1(CNC(=NC)NCc2cc(F)ccc2CS(C)(=O)=O)CCCC1. The van der Waals surface area contributed by atoms with Gasteiger partial charge in [-0.3, -0.25) is 4.99 Å². The fourth-order valence-electron chi connectivity index (χ4n) is 3.63. The molecule has 0 heterocycles. The fraction of sp³-hybridized carbons (Fsp3) is 0.632. The molecule has 1 aromatic rings. The highest BCUT2D eigenvalue weighted by atomic mass is 32.2. The van der Waals surface area contributed by atoms with Crippen LogP contribution in [-0.4, -0.2) is 34.2 Å². The number of rotatable bonds is 7. The van der Waals surface area contributed by atoms with E-state index in [0.717, 1.165) is 13.0 Å². The molecule has 0 spiro atoms. The van der Waals surface area contributed by atoms with Crippen LogP contribution in [0.1, 0.15) is 50.2 Å². The zero-order valence-electron chi connectivity index (χ0n) is 15.9. The lowest BCUT2D eigenvalue weighted by molar-refractivity contribution is 0.283. The number of nitrogens with one attached hydrogen (secondary N) is 2. The van der Waals surface area contributed by atoms with E-state index in [4.69, 9.17) is 0 Å². The van der Waals surface area contributed by atoms with Crippen molar-refractivity contribution in [1.82, 2.24) is 10.6 Å². The third-order valence-electron chi connectivity index (χ3n) is 5.30. The summed E-state index contributed by atoms with van der Waals surface area (Å²) in [6.45, 7) is 3.41. The molecule has 7 heteroatoms. The molecule has 5 nitrogen and oxygen atoms in total. The van der Waals surface area contributed by atoms with Crippen LogP contribution in [-0.2, 0) is 22.1 Å². The molecule has 0 atom stereocenters. The minimum absolute atomic E-state index is 0.102. The number of hydrogen-bond donors (Lipinski definition) is 2. The van der Waals surface area contributed by atoms with Crippen molar-refractivity contribution in [2.45, 2.75) is 51.3 Å². The Balaban J connectivity index is 2.01. The second-order valence-corrected chi connectivity index (χ2v) is 9.46. The highest BCUT2D eigenvalue weighted by Gasteiger charge is 2.31. The van der Waals surface area contributed by atoms with Gasteiger partial charge >= 0.3 is 0 Å². The van der Waals surface area contributed by atoms with Gasteiger partial charge in [0.2, 0.25) is 0 Å². The molecule has 0 aromatic heterocycles. The van der Waals surface area contributed by atoms with Crippen LogP contribution in [0.5, 0.6) is 0 Å². The summed E-state index contributed by atoms with van der Waals surface area (Å²) in [6.07, 6.45) is 7.34. The Bertz CT molecular complexity index is 741. The summed E-state index contributed by atoms with van der Waals surface area (Å²) in [5.74, 6) is 0.173. The molecular formula is C19H30FN3O2S. The van der Waals surface area contributed by atoms with Crippen LogP contribution >= 0.6 is 0 Å². The maximum absolute atomic E-state index is 13.6. The largest absolute Gasteiger partial charge is 0.356 e. The lowest BCUT2D eigenvalue weighted by Crippen LogP contribution is -2.42. The van der Waals surface area contributed by atoms with Gasteiger partial charge in [0.25, 0.3) is 0 Å². The van der Waals surface area contributed by atoms with E-state index in [1.165, 1.54) is 50.1 Å². The predicted molar refractivity (Wildman–Crippen MR) is 104 cm³/mol. The molecule has 146 valence electrons. The van der Waals surface area contributed by atoms with Crippen molar-refractivity contribution >= 4 is 15.8 Å². The standard InChI is InChI=1S/C19H30FN3O2S/c1-4-19(9-5-6-10-19)14-23-18(21-2)22-12-16-11-17(20)8-7-15(16)13-26(3,24)25/h7-8,11H,4-6,9-10,12-14H2,1-3H3,(H2,21,22,23). The molecule has 2 N–H and O–H groups in total. The molecule has 1 aliphatic carbocycles. The lowest BCUT2D eigenvalue weighted by Gasteiger charge is -2.28. The molecule has 1 aliphatic rings. The molecular weight excluding hydrogens is 353 g/mol. The van der Waals surface area contributed by atoms with Gasteiger partial charge in [0.05, 0.1) is 5.75 Å². The summed E-state index contributed by atoms with van der Waals surface area (Å²) >= 11 is 0. The van der Waals surface area contributed by atoms with E-state index in [2.05, 4.69) is 22.5 Å². The Hall–Kier alpha value is -1.63. The number of nitrogens with zero attached hydrogens (tertiary/aromatic N) is 1. The molecule has 0 amide bonds. The first kappa shape index (κ1) is 20.7. The third-order valence-corrected chi connectivity index (χ3v) is 6.14. The van der Waals surface area contributed by atoms with Crippen molar-refractivity contribution < 1.29 is 12.8 Å². The normalized spacial score (nSPS) is 17.3. The van der Waals surface area contributed by atoms with E-state index < -0.39 is 9.84 Å². The number of aliphatic imine (C=N–C) groups is 1. The average Bonchev–Trinajstić information content (AvgIpc) is 3.05. The van der Waals surface area contributed by atoms with E-state index in [0.29, 0.717) is 29.0 Å². The van der Waals surface area contributed by atoms with E-state index in [1.807, 2.05) is 0 Å². The molecule has 0 radical (unpaired) electrons. The van der Waals surface area contributed by atoms with E-state index in [-0.39, 0.29) is 11.6 Å². The van der Waals surface area contributed by atoms with Crippen LogP contribution in [0, 0.1) is 11.2 Å². The number of benzene rings is 1. The summed E-state index contributed by atoms with van der Waals surface area (Å²) in [5.41, 5.74) is 1.57. The van der Waals surface area contributed by atoms with Crippen LogP contribution in [0.4, 0.5) is 4.39 Å². The van der Waals surface area contributed by atoms with Crippen LogP contribution in [0.3, 0.4) is 0 Å². The number of halogens is 1. The Morgan fingerprint density at radius 1 is 1.23 bits per heavy atom. The first-order chi connectivity index (χ1) is 12.3. The molecule has 0 unspecified atom stereocenters. The van der Waals surface area contributed by atoms with Crippen molar-refractivity contribution in [3.05, 3.63) is 35.1 Å². The highest BCUT2D eigenvalue weighted by molar-refractivity contribution is 7.89. The lowest BCUT2D eigenvalue weighted by atomic mass is 9.83. The smallest absolute Gasteiger partial charge is 0.191 e. The molecule has 1 aromatic carbocycles. The highest BCUT2D eigenvalue weighted by Crippen LogP contribution is 2.40. The van der Waals surface area contributed by atoms with Crippen LogP contribution in [0.25, 0.3) is 0 Å². The van der Waals surface area contributed by atoms with Crippen LogP contribution < -0.4 is 10.6 Å². The van der Waals surface area contributed by atoms with Gasteiger partial charge in [-0.2, -0.15) is 0 Å². The van der Waals surface area contributed by atoms with Crippen LogP contribution in [0.15, 0.2) is 23.2 Å². The Morgan fingerprint density at radius 2 is 1.92 bits per heavy atom. The Labute approximate surface area is 156 Å². The van der Waals surface area contributed by atoms with Gasteiger partial charge < -0.3 is 10.6 Å². The van der Waals surface area contributed by atoms with Gasteiger partial charge in [-0.25, -0.2) is 12.8 Å². The topological polar surface area (TPSA) is 70.6 Å². The first-order valence-corrected chi connectivity index (χ1v) is 11.2. The second-order valence-electron chi connectivity index (χ2n) is 7.32. The summed E-state index contributed by atoms with van der Waals surface area (Å²) in [5, 5.41) is 6.56. The van der Waals surface area contributed by atoms with Gasteiger partial charge in [-0.05, 0) is 47.9 Å². The van der Waals surface area contributed by atoms with Gasteiger partial charge in [0.15, 0.2) is 15.8 Å². The molecule has 26 heavy (non-hydrogen) atoms. The average molecular weight is 384 g/mol. The van der Waals surface area contributed by atoms with E-state index in [9.17, 15) is 12.8 Å². The Kier molecular flexibility index (Phi) is 7.03. The maximum atomic E-state index is 13.6. The zero-order chi connectivity index (χ0) is 19.2. The zero-order valence-corrected chi connectivity index (χ0v) is 16.8. The minimum Gasteiger partial charge on any atom is -0.356 e. The quantitative estimate of drug-likeness (QED) is 0.561. The van der Waals surface area contributed by atoms with Crippen molar-refractivity contribution in [2.75, 3.05) is 19.8 Å². The van der Waals surface area contributed by atoms with Gasteiger partial charge in [-0.15, -0.1) is 0 Å². The van der Waals surface area contributed by atoms with Crippen molar-refractivity contribution in [3.8, 4) is 0 Å². The van der Waals surface area contributed by atoms with Gasteiger partial charge in [-0.1, -0.05) is 25.8 Å². The van der Waals surface area contributed by atoms with Crippen LogP contribution in [0.2, 0.25) is 0 Å². The summed E-state index contributed by atoms with van der Waals surface area (Å²) in [6, 6.07) is 4.21. The van der Waals surface area contributed by atoms with Crippen molar-refractivity contribution in [1.29, 1.82) is 0 Å². The van der Waals surface area contributed by atoms with Crippen molar-refractivity contribution in [2.24, 2.45) is 10.4 Å². The molecule has 0 saturated heterocycles. The Morgan fingerprint density at radius 3 is 2.50 bits per heavy atom.